The van der Waals surface area contributed by atoms with Gasteiger partial charge < -0.3 is 9.64 Å². The molecule has 0 radical (unpaired) electrons. The van der Waals surface area contributed by atoms with Gasteiger partial charge in [0.25, 0.3) is 0 Å². The molecule has 0 unspecified atom stereocenters. The second kappa shape index (κ2) is 5.76. The van der Waals surface area contributed by atoms with Gasteiger partial charge in [0.05, 0.1) is 5.25 Å². The van der Waals surface area contributed by atoms with E-state index in [9.17, 15) is 13.2 Å². The van der Waals surface area contributed by atoms with Crippen LogP contribution in [0.1, 0.15) is 47.0 Å². The van der Waals surface area contributed by atoms with Crippen molar-refractivity contribution in [1.29, 1.82) is 0 Å². The lowest BCUT2D eigenvalue weighted by atomic mass is 10.1. The van der Waals surface area contributed by atoms with Crippen LogP contribution in [-0.4, -0.2) is 60.2 Å². The van der Waals surface area contributed by atoms with E-state index in [-0.39, 0.29) is 17.4 Å². The molecule has 0 aromatic heterocycles. The van der Waals surface area contributed by atoms with Gasteiger partial charge in [-0.15, -0.1) is 0 Å². The van der Waals surface area contributed by atoms with Gasteiger partial charge in [-0.25, -0.2) is 13.2 Å². The minimum absolute atomic E-state index is 0.110. The number of amides is 1. The molecule has 2 aliphatic rings. The van der Waals surface area contributed by atoms with Gasteiger partial charge in [0, 0.05) is 25.7 Å². The predicted molar refractivity (Wildman–Crippen MR) is 80.5 cm³/mol. The molecule has 0 saturated carbocycles. The topological polar surface area (TPSA) is 66.9 Å². The van der Waals surface area contributed by atoms with Crippen molar-refractivity contribution >= 4 is 16.1 Å². The Bertz CT molecular complexity index is 498. The van der Waals surface area contributed by atoms with Crippen molar-refractivity contribution in [2.75, 3.05) is 19.6 Å². The lowest BCUT2D eigenvalue weighted by Crippen LogP contribution is -2.51. The number of nitrogens with zero attached hydrogens (tertiary/aromatic N) is 2. The summed E-state index contributed by atoms with van der Waals surface area (Å²) < 4.78 is 31.5. The summed E-state index contributed by atoms with van der Waals surface area (Å²) in [5.41, 5.74) is -0.530. The van der Waals surface area contributed by atoms with Gasteiger partial charge in [-0.1, -0.05) is 0 Å². The van der Waals surface area contributed by atoms with E-state index in [1.807, 2.05) is 20.8 Å². The number of carbonyl (C=O) groups excluding carboxylic acids is 1. The molecule has 2 saturated heterocycles. The molecule has 2 fully saturated rings. The van der Waals surface area contributed by atoms with Crippen LogP contribution in [0.4, 0.5) is 4.79 Å². The Morgan fingerprint density at radius 1 is 1.19 bits per heavy atom. The summed E-state index contributed by atoms with van der Waals surface area (Å²) in [6, 6.07) is -0.110. The molecule has 6 nitrogen and oxygen atoms in total. The molecular weight excluding hydrogens is 292 g/mol. The van der Waals surface area contributed by atoms with E-state index in [2.05, 4.69) is 0 Å². The average Bonchev–Trinajstić information content (AvgIpc) is 2.62. The third kappa shape index (κ3) is 3.69. The normalized spacial score (nSPS) is 30.4. The number of likely N-dealkylation sites (tertiary alicyclic amines) is 1. The van der Waals surface area contributed by atoms with Crippen molar-refractivity contribution < 1.29 is 17.9 Å². The SMILES string of the molecule is C[C@H]1CCN([C@H]2CCCN(C(=O)OC(C)(C)C)C2)S1(=O)=O. The first-order valence-corrected chi connectivity index (χ1v) is 9.10. The third-order valence-electron chi connectivity index (χ3n) is 4.05. The fraction of sp³-hybridized carbons (Fsp3) is 0.929. The Labute approximate surface area is 127 Å². The maximum atomic E-state index is 12.3. The van der Waals surface area contributed by atoms with E-state index in [0.717, 1.165) is 12.8 Å². The smallest absolute Gasteiger partial charge is 0.410 e. The van der Waals surface area contributed by atoms with Crippen molar-refractivity contribution in [2.45, 2.75) is 63.9 Å². The Morgan fingerprint density at radius 2 is 1.86 bits per heavy atom. The van der Waals surface area contributed by atoms with E-state index in [4.69, 9.17) is 4.74 Å². The second-order valence-electron chi connectivity index (χ2n) is 6.98. The number of hydrogen-bond donors (Lipinski definition) is 0. The summed E-state index contributed by atoms with van der Waals surface area (Å²) in [5, 5.41) is -0.311. The number of hydrogen-bond acceptors (Lipinski definition) is 4. The molecule has 2 atom stereocenters. The Hall–Kier alpha value is -0.820. The van der Waals surface area contributed by atoms with E-state index in [1.165, 1.54) is 0 Å². The van der Waals surface area contributed by atoms with Crippen LogP contribution in [0, 0.1) is 0 Å². The average molecular weight is 318 g/mol. The lowest BCUT2D eigenvalue weighted by Gasteiger charge is -2.37. The molecule has 0 spiro atoms. The fourth-order valence-corrected chi connectivity index (χ4v) is 4.70. The van der Waals surface area contributed by atoms with Gasteiger partial charge in [0.2, 0.25) is 10.0 Å². The first kappa shape index (κ1) is 16.5. The maximum Gasteiger partial charge on any atom is 0.410 e. The van der Waals surface area contributed by atoms with E-state index in [1.54, 1.807) is 16.1 Å². The molecule has 0 aromatic rings. The first-order chi connectivity index (χ1) is 9.61. The summed E-state index contributed by atoms with van der Waals surface area (Å²) >= 11 is 0. The fourth-order valence-electron chi connectivity index (χ4n) is 2.89. The molecule has 0 aromatic carbocycles. The van der Waals surface area contributed by atoms with Crippen molar-refractivity contribution in [3.05, 3.63) is 0 Å². The molecule has 2 rings (SSSR count). The summed E-state index contributed by atoms with van der Waals surface area (Å²) in [5.74, 6) is 0. The van der Waals surface area contributed by atoms with Crippen LogP contribution in [0.3, 0.4) is 0 Å². The highest BCUT2D eigenvalue weighted by molar-refractivity contribution is 7.90. The minimum atomic E-state index is -3.20. The lowest BCUT2D eigenvalue weighted by molar-refractivity contribution is 0.0158. The largest absolute Gasteiger partial charge is 0.444 e. The summed E-state index contributed by atoms with van der Waals surface area (Å²) in [6.07, 6.45) is 1.94. The van der Waals surface area contributed by atoms with Crippen molar-refractivity contribution in [2.24, 2.45) is 0 Å². The number of ether oxygens (including phenoxy) is 1. The second-order valence-corrected chi connectivity index (χ2v) is 9.28. The third-order valence-corrected chi connectivity index (χ3v) is 6.43. The van der Waals surface area contributed by atoms with E-state index < -0.39 is 15.6 Å². The summed E-state index contributed by atoms with van der Waals surface area (Å²) in [4.78, 5) is 13.8. The van der Waals surface area contributed by atoms with Gasteiger partial charge in [-0.2, -0.15) is 4.31 Å². The van der Waals surface area contributed by atoms with Crippen LogP contribution in [0.5, 0.6) is 0 Å². The monoisotopic (exact) mass is 318 g/mol. The molecule has 7 heteroatoms. The van der Waals surface area contributed by atoms with Crippen LogP contribution in [-0.2, 0) is 14.8 Å². The molecule has 21 heavy (non-hydrogen) atoms. The van der Waals surface area contributed by atoms with Crippen molar-refractivity contribution in [3.8, 4) is 0 Å². The molecule has 0 N–H and O–H groups in total. The Kier molecular flexibility index (Phi) is 4.54. The molecular formula is C14H26N2O4S. The van der Waals surface area contributed by atoms with Gasteiger partial charge >= 0.3 is 6.09 Å². The predicted octanol–water partition coefficient (Wildman–Crippen LogP) is 1.81. The molecule has 122 valence electrons. The standard InChI is InChI=1S/C14H26N2O4S/c1-11-7-9-16(21(11,18)19)12-6-5-8-15(10-12)13(17)20-14(2,3)4/h11-12H,5-10H2,1-4H3/t11-,12-/m0/s1. The quantitative estimate of drug-likeness (QED) is 0.739. The summed E-state index contributed by atoms with van der Waals surface area (Å²) in [7, 11) is -3.20. The highest BCUT2D eigenvalue weighted by Crippen LogP contribution is 2.28. The van der Waals surface area contributed by atoms with Crippen molar-refractivity contribution in [1.82, 2.24) is 9.21 Å². The molecule has 2 aliphatic heterocycles. The van der Waals surface area contributed by atoms with Gasteiger partial charge in [-0.3, -0.25) is 0 Å². The number of rotatable bonds is 1. The zero-order valence-electron chi connectivity index (χ0n) is 13.3. The maximum absolute atomic E-state index is 12.3. The zero-order valence-corrected chi connectivity index (χ0v) is 14.1. The Morgan fingerprint density at radius 3 is 2.38 bits per heavy atom. The number of sulfonamides is 1. The van der Waals surface area contributed by atoms with Crippen LogP contribution in [0.15, 0.2) is 0 Å². The molecule has 0 aliphatic carbocycles. The van der Waals surface area contributed by atoms with Gasteiger partial charge in [-0.05, 0) is 47.0 Å². The zero-order chi connectivity index (χ0) is 15.8. The minimum Gasteiger partial charge on any atom is -0.444 e. The van der Waals surface area contributed by atoms with Crippen molar-refractivity contribution in [3.63, 3.8) is 0 Å². The van der Waals surface area contributed by atoms with E-state index in [0.29, 0.717) is 26.1 Å². The number of carbonyl (C=O) groups is 1. The molecule has 0 bridgehead atoms. The van der Waals surface area contributed by atoms with Crippen LogP contribution < -0.4 is 0 Å². The van der Waals surface area contributed by atoms with Crippen LogP contribution in [0.25, 0.3) is 0 Å². The Balaban J connectivity index is 2.03. The van der Waals surface area contributed by atoms with Gasteiger partial charge in [0.15, 0.2) is 0 Å². The highest BCUT2D eigenvalue weighted by atomic mass is 32.2. The molecule has 1 amide bonds. The number of piperidine rings is 1. The summed E-state index contributed by atoms with van der Waals surface area (Å²) in [6.45, 7) is 8.88. The first-order valence-electron chi connectivity index (χ1n) is 7.60. The van der Waals surface area contributed by atoms with E-state index >= 15 is 0 Å². The molecule has 2 heterocycles. The van der Waals surface area contributed by atoms with Crippen LogP contribution in [0.2, 0.25) is 0 Å². The highest BCUT2D eigenvalue weighted by Gasteiger charge is 2.42. The van der Waals surface area contributed by atoms with Gasteiger partial charge in [0.1, 0.15) is 5.60 Å². The van der Waals surface area contributed by atoms with Crippen LogP contribution >= 0.6 is 0 Å².